The summed E-state index contributed by atoms with van der Waals surface area (Å²) in [4.78, 5) is 17.4. The van der Waals surface area contributed by atoms with Gasteiger partial charge < -0.3 is 9.47 Å². The molecule has 0 atom stereocenters. The number of hydrogen-bond acceptors (Lipinski definition) is 5. The Labute approximate surface area is 164 Å². The summed E-state index contributed by atoms with van der Waals surface area (Å²) >= 11 is 4.91. The molecule has 0 N–H and O–H groups in total. The molecule has 1 heterocycles. The SMILES string of the molecule is COCCn1c(SCCOc2ccc(Br)cc2)nc2ccccc2c1=O. The van der Waals surface area contributed by atoms with Gasteiger partial charge in [0, 0.05) is 17.3 Å². The molecule has 0 aliphatic rings. The Morgan fingerprint density at radius 1 is 1.12 bits per heavy atom. The molecule has 3 aromatic rings. The number of ether oxygens (including phenoxy) is 2. The third-order valence-electron chi connectivity index (χ3n) is 3.74. The predicted molar refractivity (Wildman–Crippen MR) is 108 cm³/mol. The first-order valence-corrected chi connectivity index (χ1v) is 9.96. The van der Waals surface area contributed by atoms with E-state index in [0.29, 0.717) is 41.6 Å². The van der Waals surface area contributed by atoms with E-state index < -0.39 is 0 Å². The molecule has 7 heteroatoms. The van der Waals surface area contributed by atoms with Crippen molar-refractivity contribution in [1.29, 1.82) is 0 Å². The molecule has 2 aromatic carbocycles. The maximum atomic E-state index is 12.8. The van der Waals surface area contributed by atoms with Gasteiger partial charge in [0.15, 0.2) is 5.16 Å². The predicted octanol–water partition coefficient (Wildman–Crippen LogP) is 3.98. The largest absolute Gasteiger partial charge is 0.493 e. The summed E-state index contributed by atoms with van der Waals surface area (Å²) in [5.74, 6) is 1.51. The molecule has 0 unspecified atom stereocenters. The first-order chi connectivity index (χ1) is 12.7. The molecule has 0 fully saturated rings. The van der Waals surface area contributed by atoms with Crippen LogP contribution in [0.4, 0.5) is 0 Å². The summed E-state index contributed by atoms with van der Waals surface area (Å²) in [6.07, 6.45) is 0. The van der Waals surface area contributed by atoms with Crippen LogP contribution in [-0.4, -0.2) is 35.6 Å². The molecule has 0 aliphatic carbocycles. The molecule has 0 amide bonds. The molecule has 0 saturated carbocycles. The molecule has 1 aromatic heterocycles. The minimum atomic E-state index is -0.0380. The van der Waals surface area contributed by atoms with Crippen LogP contribution in [0.15, 0.2) is 63.0 Å². The maximum Gasteiger partial charge on any atom is 0.262 e. The topological polar surface area (TPSA) is 53.4 Å². The molecular formula is C19H19BrN2O3S. The highest BCUT2D eigenvalue weighted by molar-refractivity contribution is 9.10. The number of rotatable bonds is 8. The number of fused-ring (bicyclic) bond motifs is 1. The summed E-state index contributed by atoms with van der Waals surface area (Å²) in [6, 6.07) is 15.1. The van der Waals surface area contributed by atoms with Crippen LogP contribution in [0.1, 0.15) is 0 Å². The van der Waals surface area contributed by atoms with Crippen molar-refractivity contribution < 1.29 is 9.47 Å². The van der Waals surface area contributed by atoms with Crippen molar-refractivity contribution in [2.75, 3.05) is 26.1 Å². The molecular weight excluding hydrogens is 416 g/mol. The van der Waals surface area contributed by atoms with Crippen molar-refractivity contribution in [3.05, 3.63) is 63.4 Å². The van der Waals surface area contributed by atoms with Crippen molar-refractivity contribution >= 4 is 38.6 Å². The average Bonchev–Trinajstić information content (AvgIpc) is 2.66. The van der Waals surface area contributed by atoms with E-state index in [0.717, 1.165) is 10.2 Å². The fraction of sp³-hybridized carbons (Fsp3) is 0.263. The van der Waals surface area contributed by atoms with Crippen LogP contribution in [-0.2, 0) is 11.3 Å². The van der Waals surface area contributed by atoms with E-state index in [-0.39, 0.29) is 5.56 Å². The van der Waals surface area contributed by atoms with Crippen LogP contribution in [0.5, 0.6) is 5.75 Å². The zero-order valence-electron chi connectivity index (χ0n) is 14.4. The van der Waals surface area contributed by atoms with E-state index >= 15 is 0 Å². The minimum absolute atomic E-state index is 0.0380. The lowest BCUT2D eigenvalue weighted by molar-refractivity contribution is 0.183. The molecule has 0 saturated heterocycles. The Balaban J connectivity index is 1.73. The standard InChI is InChI=1S/C19H19BrN2O3S/c1-24-11-10-22-18(23)16-4-2-3-5-17(16)21-19(22)26-13-12-25-15-8-6-14(20)7-9-15/h2-9H,10-13H2,1H3. The van der Waals surface area contributed by atoms with Gasteiger partial charge in [0.2, 0.25) is 0 Å². The number of benzene rings is 2. The van der Waals surface area contributed by atoms with Crippen molar-refractivity contribution in [2.24, 2.45) is 0 Å². The van der Waals surface area contributed by atoms with Crippen LogP contribution >= 0.6 is 27.7 Å². The normalized spacial score (nSPS) is 11.0. The Morgan fingerprint density at radius 3 is 2.65 bits per heavy atom. The maximum absolute atomic E-state index is 12.8. The monoisotopic (exact) mass is 434 g/mol. The molecule has 5 nitrogen and oxygen atoms in total. The molecule has 0 radical (unpaired) electrons. The number of aromatic nitrogens is 2. The Hall–Kier alpha value is -1.83. The second-order valence-electron chi connectivity index (χ2n) is 5.51. The number of para-hydroxylation sites is 1. The van der Waals surface area contributed by atoms with Gasteiger partial charge in [0.25, 0.3) is 5.56 Å². The van der Waals surface area contributed by atoms with Gasteiger partial charge in [0.05, 0.1) is 30.7 Å². The van der Waals surface area contributed by atoms with Crippen molar-refractivity contribution in [3.63, 3.8) is 0 Å². The Morgan fingerprint density at radius 2 is 1.88 bits per heavy atom. The summed E-state index contributed by atoms with van der Waals surface area (Å²) in [7, 11) is 1.62. The zero-order chi connectivity index (χ0) is 18.4. The number of methoxy groups -OCH3 is 1. The molecule has 26 heavy (non-hydrogen) atoms. The van der Waals surface area contributed by atoms with Gasteiger partial charge in [-0.2, -0.15) is 0 Å². The van der Waals surface area contributed by atoms with E-state index in [2.05, 4.69) is 20.9 Å². The van der Waals surface area contributed by atoms with E-state index in [4.69, 9.17) is 9.47 Å². The summed E-state index contributed by atoms with van der Waals surface area (Å²) in [5.41, 5.74) is 0.673. The summed E-state index contributed by atoms with van der Waals surface area (Å²) in [6.45, 7) is 1.46. The van der Waals surface area contributed by atoms with Gasteiger partial charge >= 0.3 is 0 Å². The lowest BCUT2D eigenvalue weighted by Crippen LogP contribution is -2.25. The van der Waals surface area contributed by atoms with Crippen molar-refractivity contribution in [2.45, 2.75) is 11.7 Å². The van der Waals surface area contributed by atoms with E-state index in [9.17, 15) is 4.79 Å². The van der Waals surface area contributed by atoms with Gasteiger partial charge in [-0.3, -0.25) is 9.36 Å². The van der Waals surface area contributed by atoms with Crippen molar-refractivity contribution in [3.8, 4) is 5.75 Å². The quantitative estimate of drug-likeness (QED) is 0.305. The third-order valence-corrected chi connectivity index (χ3v) is 5.21. The fourth-order valence-corrected chi connectivity index (χ4v) is 3.57. The molecule has 136 valence electrons. The minimum Gasteiger partial charge on any atom is -0.493 e. The second-order valence-corrected chi connectivity index (χ2v) is 7.49. The summed E-state index contributed by atoms with van der Waals surface area (Å²) < 4.78 is 13.6. The highest BCUT2D eigenvalue weighted by Gasteiger charge is 2.11. The van der Waals surface area contributed by atoms with E-state index in [1.807, 2.05) is 42.5 Å². The van der Waals surface area contributed by atoms with E-state index in [1.54, 1.807) is 17.7 Å². The third kappa shape index (κ3) is 4.66. The molecule has 0 aliphatic heterocycles. The number of hydrogen-bond donors (Lipinski definition) is 0. The van der Waals surface area contributed by atoms with Gasteiger partial charge in [0.1, 0.15) is 5.75 Å². The highest BCUT2D eigenvalue weighted by Crippen LogP contribution is 2.19. The van der Waals surface area contributed by atoms with Gasteiger partial charge in [-0.25, -0.2) is 4.98 Å². The average molecular weight is 435 g/mol. The smallest absolute Gasteiger partial charge is 0.262 e. The highest BCUT2D eigenvalue weighted by atomic mass is 79.9. The summed E-state index contributed by atoms with van der Waals surface area (Å²) in [5, 5.41) is 1.31. The first kappa shape index (κ1) is 18.9. The van der Waals surface area contributed by atoms with Crippen LogP contribution < -0.4 is 10.3 Å². The fourth-order valence-electron chi connectivity index (χ4n) is 2.46. The molecule has 0 bridgehead atoms. The second kappa shape index (κ2) is 9.21. The van der Waals surface area contributed by atoms with Gasteiger partial charge in [-0.05, 0) is 36.4 Å². The first-order valence-electron chi connectivity index (χ1n) is 8.19. The lowest BCUT2D eigenvalue weighted by atomic mass is 10.2. The Bertz CT molecular complexity index is 928. The van der Waals surface area contributed by atoms with E-state index in [1.165, 1.54) is 11.8 Å². The molecule has 0 spiro atoms. The van der Waals surface area contributed by atoms with Crippen LogP contribution in [0.2, 0.25) is 0 Å². The van der Waals surface area contributed by atoms with Crippen LogP contribution in [0.3, 0.4) is 0 Å². The van der Waals surface area contributed by atoms with Crippen molar-refractivity contribution in [1.82, 2.24) is 9.55 Å². The van der Waals surface area contributed by atoms with Crippen LogP contribution in [0.25, 0.3) is 10.9 Å². The number of halogens is 1. The number of thioether (sulfide) groups is 1. The lowest BCUT2D eigenvalue weighted by Gasteiger charge is -2.13. The molecule has 3 rings (SSSR count). The number of nitrogens with zero attached hydrogens (tertiary/aromatic N) is 2. The van der Waals surface area contributed by atoms with Gasteiger partial charge in [-0.1, -0.05) is 39.8 Å². The van der Waals surface area contributed by atoms with Gasteiger partial charge in [-0.15, -0.1) is 0 Å². The van der Waals surface area contributed by atoms with Crippen LogP contribution in [0, 0.1) is 0 Å². The zero-order valence-corrected chi connectivity index (χ0v) is 16.8. The Kier molecular flexibility index (Phi) is 6.71.